The van der Waals surface area contributed by atoms with Gasteiger partial charge in [0.25, 0.3) is 0 Å². The summed E-state index contributed by atoms with van der Waals surface area (Å²) >= 11 is 0. The minimum Gasteiger partial charge on any atom is -0.390 e. The van der Waals surface area contributed by atoms with Gasteiger partial charge >= 0.3 is 0 Å². The Morgan fingerprint density at radius 2 is 2.38 bits per heavy atom. The molecule has 1 amide bonds. The summed E-state index contributed by atoms with van der Waals surface area (Å²) in [6.07, 6.45) is 1.91. The van der Waals surface area contributed by atoms with Gasteiger partial charge in [0.2, 0.25) is 5.91 Å². The standard InChI is InChI=1S/C15H23N3O3/c1-11-8-12(2)18(16-11)9-14(20)17-6-4-13(19)15(10-17)5-3-7-21-15/h8,13,19H,3-7,9-10H2,1-2H3/t13-,15-/m0/s1. The summed E-state index contributed by atoms with van der Waals surface area (Å²) < 4.78 is 7.53. The van der Waals surface area contributed by atoms with Gasteiger partial charge in [0.1, 0.15) is 12.1 Å². The molecule has 0 aromatic carbocycles. The molecule has 0 bridgehead atoms. The average Bonchev–Trinajstić information content (AvgIpc) is 3.01. The Morgan fingerprint density at radius 3 is 3.00 bits per heavy atom. The highest BCUT2D eigenvalue weighted by Gasteiger charge is 2.47. The number of aryl methyl sites for hydroxylation is 2. The van der Waals surface area contributed by atoms with E-state index in [1.54, 1.807) is 4.68 Å². The monoisotopic (exact) mass is 293 g/mol. The number of hydrogen-bond donors (Lipinski definition) is 1. The van der Waals surface area contributed by atoms with Crippen LogP contribution in [0.3, 0.4) is 0 Å². The van der Waals surface area contributed by atoms with Gasteiger partial charge in [0.15, 0.2) is 0 Å². The molecule has 1 aromatic rings. The van der Waals surface area contributed by atoms with Gasteiger partial charge < -0.3 is 14.7 Å². The Morgan fingerprint density at radius 1 is 1.57 bits per heavy atom. The normalized spacial score (nSPS) is 29.3. The van der Waals surface area contributed by atoms with Crippen molar-refractivity contribution >= 4 is 5.91 Å². The Hall–Kier alpha value is -1.40. The molecule has 1 N–H and O–H groups in total. The maximum Gasteiger partial charge on any atom is 0.244 e. The van der Waals surface area contributed by atoms with Crippen LogP contribution in [0.25, 0.3) is 0 Å². The molecule has 2 atom stereocenters. The van der Waals surface area contributed by atoms with Crippen LogP contribution in [0, 0.1) is 13.8 Å². The van der Waals surface area contributed by atoms with Crippen LogP contribution in [0.15, 0.2) is 6.07 Å². The molecule has 6 nitrogen and oxygen atoms in total. The molecule has 1 aromatic heterocycles. The third kappa shape index (κ3) is 2.70. The molecular weight excluding hydrogens is 270 g/mol. The van der Waals surface area contributed by atoms with Crippen LogP contribution in [0.2, 0.25) is 0 Å². The predicted octanol–water partition coefficient (Wildman–Crippen LogP) is 0.642. The highest BCUT2D eigenvalue weighted by Crippen LogP contribution is 2.34. The molecule has 3 heterocycles. The molecule has 2 saturated heterocycles. The minimum absolute atomic E-state index is 0.0444. The van der Waals surface area contributed by atoms with E-state index in [9.17, 15) is 9.90 Å². The second-order valence-electron chi connectivity index (χ2n) is 6.22. The molecule has 0 aliphatic carbocycles. The van der Waals surface area contributed by atoms with E-state index in [0.717, 1.165) is 24.2 Å². The van der Waals surface area contributed by atoms with Gasteiger partial charge in [-0.25, -0.2) is 0 Å². The summed E-state index contributed by atoms with van der Waals surface area (Å²) in [5, 5.41) is 14.6. The van der Waals surface area contributed by atoms with E-state index in [2.05, 4.69) is 5.10 Å². The molecule has 21 heavy (non-hydrogen) atoms. The number of rotatable bonds is 2. The largest absolute Gasteiger partial charge is 0.390 e. The van der Waals surface area contributed by atoms with Gasteiger partial charge in [-0.05, 0) is 39.2 Å². The van der Waals surface area contributed by atoms with E-state index in [-0.39, 0.29) is 12.5 Å². The summed E-state index contributed by atoms with van der Waals surface area (Å²) in [5.74, 6) is 0.0444. The number of aromatic nitrogens is 2. The van der Waals surface area contributed by atoms with Crippen molar-refractivity contribution in [1.82, 2.24) is 14.7 Å². The van der Waals surface area contributed by atoms with E-state index >= 15 is 0 Å². The molecule has 1 spiro atoms. The summed E-state index contributed by atoms with van der Waals surface area (Å²) in [4.78, 5) is 14.3. The highest BCUT2D eigenvalue weighted by atomic mass is 16.5. The molecule has 3 rings (SSSR count). The third-order valence-electron chi connectivity index (χ3n) is 4.61. The van der Waals surface area contributed by atoms with Crippen molar-refractivity contribution in [1.29, 1.82) is 0 Å². The van der Waals surface area contributed by atoms with Gasteiger partial charge in [-0.3, -0.25) is 9.48 Å². The predicted molar refractivity (Wildman–Crippen MR) is 76.8 cm³/mol. The first kappa shape index (κ1) is 14.5. The van der Waals surface area contributed by atoms with Crippen LogP contribution >= 0.6 is 0 Å². The molecule has 2 aliphatic heterocycles. The van der Waals surface area contributed by atoms with Crippen LogP contribution in [0.4, 0.5) is 0 Å². The van der Waals surface area contributed by atoms with E-state index in [0.29, 0.717) is 26.1 Å². The number of amides is 1. The molecule has 6 heteroatoms. The number of aliphatic hydroxyl groups is 1. The first-order valence-electron chi connectivity index (χ1n) is 7.61. The second-order valence-corrected chi connectivity index (χ2v) is 6.22. The Bertz CT molecular complexity index is 534. The zero-order valence-electron chi connectivity index (χ0n) is 12.7. The molecule has 116 valence electrons. The zero-order chi connectivity index (χ0) is 15.0. The molecule has 0 radical (unpaired) electrons. The van der Waals surface area contributed by atoms with Crippen LogP contribution < -0.4 is 0 Å². The van der Waals surface area contributed by atoms with Gasteiger partial charge in [-0.1, -0.05) is 0 Å². The molecule has 0 saturated carbocycles. The quantitative estimate of drug-likeness (QED) is 0.869. The zero-order valence-corrected chi connectivity index (χ0v) is 12.7. The maximum absolute atomic E-state index is 12.5. The molecule has 0 unspecified atom stereocenters. The number of hydrogen-bond acceptors (Lipinski definition) is 4. The topological polar surface area (TPSA) is 67.6 Å². The van der Waals surface area contributed by atoms with Crippen LogP contribution in [0.5, 0.6) is 0 Å². The number of ether oxygens (including phenoxy) is 1. The smallest absolute Gasteiger partial charge is 0.244 e. The third-order valence-corrected chi connectivity index (χ3v) is 4.61. The summed E-state index contributed by atoms with van der Waals surface area (Å²) in [7, 11) is 0. The fourth-order valence-electron chi connectivity index (χ4n) is 3.43. The highest BCUT2D eigenvalue weighted by molar-refractivity contribution is 5.76. The first-order valence-corrected chi connectivity index (χ1v) is 7.61. The molecule has 2 aliphatic rings. The summed E-state index contributed by atoms with van der Waals surface area (Å²) in [5.41, 5.74) is 1.37. The van der Waals surface area contributed by atoms with E-state index < -0.39 is 11.7 Å². The number of piperidine rings is 1. The maximum atomic E-state index is 12.5. The fourth-order valence-corrected chi connectivity index (χ4v) is 3.43. The van der Waals surface area contributed by atoms with Crippen LogP contribution in [-0.4, -0.2) is 57.1 Å². The minimum atomic E-state index is -0.539. The van der Waals surface area contributed by atoms with Gasteiger partial charge in [-0.15, -0.1) is 0 Å². The number of nitrogens with zero attached hydrogens (tertiary/aromatic N) is 3. The van der Waals surface area contributed by atoms with Crippen molar-refractivity contribution in [3.05, 3.63) is 17.5 Å². The second kappa shape index (κ2) is 5.42. The van der Waals surface area contributed by atoms with Crippen molar-refractivity contribution in [2.24, 2.45) is 0 Å². The average molecular weight is 293 g/mol. The number of carbonyl (C=O) groups excluding carboxylic acids is 1. The van der Waals surface area contributed by atoms with E-state index in [4.69, 9.17) is 4.74 Å². The van der Waals surface area contributed by atoms with Gasteiger partial charge in [0, 0.05) is 18.8 Å². The van der Waals surface area contributed by atoms with Crippen molar-refractivity contribution in [3.63, 3.8) is 0 Å². The van der Waals surface area contributed by atoms with Gasteiger partial charge in [-0.2, -0.15) is 5.10 Å². The van der Waals surface area contributed by atoms with Crippen molar-refractivity contribution in [3.8, 4) is 0 Å². The number of carbonyl (C=O) groups is 1. The van der Waals surface area contributed by atoms with Crippen molar-refractivity contribution in [2.45, 2.75) is 51.4 Å². The lowest BCUT2D eigenvalue weighted by Crippen LogP contribution is -2.58. The fraction of sp³-hybridized carbons (Fsp3) is 0.733. The number of aliphatic hydroxyl groups excluding tert-OH is 1. The number of likely N-dealkylation sites (tertiary alicyclic amines) is 1. The van der Waals surface area contributed by atoms with Crippen LogP contribution in [0.1, 0.15) is 30.7 Å². The first-order chi connectivity index (χ1) is 10.00. The van der Waals surface area contributed by atoms with Crippen molar-refractivity contribution < 1.29 is 14.6 Å². The lowest BCUT2D eigenvalue weighted by molar-refractivity contribution is -0.155. The van der Waals surface area contributed by atoms with E-state index in [1.165, 1.54) is 0 Å². The molecular formula is C15H23N3O3. The SMILES string of the molecule is Cc1cc(C)n(CC(=O)N2CC[C@H](O)[C@]3(CCCO3)C2)n1. The van der Waals surface area contributed by atoms with Crippen LogP contribution in [-0.2, 0) is 16.1 Å². The van der Waals surface area contributed by atoms with E-state index in [1.807, 2.05) is 24.8 Å². The molecule has 2 fully saturated rings. The van der Waals surface area contributed by atoms with Crippen molar-refractivity contribution in [2.75, 3.05) is 19.7 Å². The lowest BCUT2D eigenvalue weighted by atomic mass is 9.87. The Kier molecular flexibility index (Phi) is 3.75. The lowest BCUT2D eigenvalue weighted by Gasteiger charge is -2.43. The van der Waals surface area contributed by atoms with Gasteiger partial charge in [0.05, 0.1) is 18.3 Å². The Labute approximate surface area is 124 Å². The summed E-state index contributed by atoms with van der Waals surface area (Å²) in [6.45, 7) is 5.89. The Balaban J connectivity index is 1.69. The summed E-state index contributed by atoms with van der Waals surface area (Å²) in [6, 6.07) is 1.97.